The summed E-state index contributed by atoms with van der Waals surface area (Å²) in [5, 5.41) is 5.66. The summed E-state index contributed by atoms with van der Waals surface area (Å²) >= 11 is 11.2. The van der Waals surface area contributed by atoms with Crippen molar-refractivity contribution in [1.29, 1.82) is 0 Å². The highest BCUT2D eigenvalue weighted by atomic mass is 35.5. The second kappa shape index (κ2) is 4.16. The number of hydrogen-bond donors (Lipinski definition) is 2. The molecule has 1 unspecified atom stereocenters. The van der Waals surface area contributed by atoms with Crippen molar-refractivity contribution in [2.75, 3.05) is 11.9 Å². The van der Waals surface area contributed by atoms with E-state index < -0.39 is 0 Å². The fraction of sp³-hybridized carbons (Fsp3) is 0.429. The molecule has 0 spiro atoms. The van der Waals surface area contributed by atoms with Gasteiger partial charge in [-0.2, -0.15) is 15.0 Å². The maximum Gasteiger partial charge on any atom is 0.228 e. The third-order valence-electron chi connectivity index (χ3n) is 1.89. The zero-order valence-corrected chi connectivity index (χ0v) is 9.01. The molecule has 0 aromatic carbocycles. The van der Waals surface area contributed by atoms with Crippen LogP contribution in [0.2, 0.25) is 10.6 Å². The van der Waals surface area contributed by atoms with E-state index in [4.69, 9.17) is 23.2 Å². The Hall–Kier alpha value is -1.14. The average molecular weight is 248 g/mol. The molecule has 2 rings (SSSR count). The summed E-state index contributed by atoms with van der Waals surface area (Å²) in [7, 11) is 0. The SMILES string of the molecule is O=C1CC(Nc2nc(Cl)nc(Cl)n2)CN1. The molecule has 1 aliphatic heterocycles. The van der Waals surface area contributed by atoms with Crippen molar-refractivity contribution in [3.8, 4) is 0 Å². The van der Waals surface area contributed by atoms with Gasteiger partial charge in [0.05, 0.1) is 6.04 Å². The standard InChI is InChI=1S/C7H7Cl2N5O/c8-5-12-6(9)14-7(13-5)11-3-1-4(15)10-2-3/h3H,1-2H2,(H,10,15)(H,11,12,13,14). The predicted molar refractivity (Wildman–Crippen MR) is 54.9 cm³/mol. The maximum atomic E-state index is 10.9. The molecule has 15 heavy (non-hydrogen) atoms. The zero-order valence-electron chi connectivity index (χ0n) is 7.50. The number of nitrogens with zero attached hydrogens (tertiary/aromatic N) is 3. The van der Waals surface area contributed by atoms with Gasteiger partial charge in [-0.05, 0) is 23.2 Å². The monoisotopic (exact) mass is 247 g/mol. The van der Waals surface area contributed by atoms with E-state index in [0.717, 1.165) is 0 Å². The Kier molecular flexibility index (Phi) is 2.88. The van der Waals surface area contributed by atoms with Crippen LogP contribution in [0.5, 0.6) is 0 Å². The van der Waals surface area contributed by atoms with Crippen molar-refractivity contribution in [2.24, 2.45) is 0 Å². The fourth-order valence-corrected chi connectivity index (χ4v) is 1.64. The number of halogens is 2. The van der Waals surface area contributed by atoms with Gasteiger partial charge in [0.2, 0.25) is 22.4 Å². The minimum atomic E-state index is -0.0352. The summed E-state index contributed by atoms with van der Waals surface area (Å²) < 4.78 is 0. The third kappa shape index (κ3) is 2.66. The zero-order chi connectivity index (χ0) is 10.8. The number of carbonyl (C=O) groups is 1. The number of carbonyl (C=O) groups excluding carboxylic acids is 1. The molecule has 1 fully saturated rings. The lowest BCUT2D eigenvalue weighted by Crippen LogP contribution is -2.23. The van der Waals surface area contributed by atoms with Gasteiger partial charge in [-0.3, -0.25) is 4.79 Å². The van der Waals surface area contributed by atoms with Gasteiger partial charge in [-0.25, -0.2) is 0 Å². The van der Waals surface area contributed by atoms with Crippen molar-refractivity contribution in [1.82, 2.24) is 20.3 Å². The predicted octanol–water partition coefficient (Wildman–Crippen LogP) is 0.479. The largest absolute Gasteiger partial charge is 0.354 e. The van der Waals surface area contributed by atoms with Crippen LogP contribution in [-0.4, -0.2) is 33.4 Å². The molecule has 2 N–H and O–H groups in total. The van der Waals surface area contributed by atoms with Crippen LogP contribution in [0.15, 0.2) is 0 Å². The summed E-state index contributed by atoms with van der Waals surface area (Å²) in [6.07, 6.45) is 0.390. The van der Waals surface area contributed by atoms with Crippen LogP contribution >= 0.6 is 23.2 Å². The molecule has 0 saturated carbocycles. The topological polar surface area (TPSA) is 79.8 Å². The van der Waals surface area contributed by atoms with E-state index in [1.165, 1.54) is 0 Å². The number of nitrogens with one attached hydrogen (secondary N) is 2. The van der Waals surface area contributed by atoms with E-state index in [1.807, 2.05) is 0 Å². The Balaban J connectivity index is 2.07. The van der Waals surface area contributed by atoms with E-state index in [2.05, 4.69) is 25.6 Å². The molecule has 0 aliphatic carbocycles. The Bertz CT molecular complexity index is 379. The Labute approximate surface area is 95.4 Å². The summed E-state index contributed by atoms with van der Waals surface area (Å²) in [6, 6.07) is -0.0352. The van der Waals surface area contributed by atoms with E-state index in [1.54, 1.807) is 0 Å². The van der Waals surface area contributed by atoms with Gasteiger partial charge in [0.1, 0.15) is 0 Å². The van der Waals surface area contributed by atoms with Crippen LogP contribution in [0.3, 0.4) is 0 Å². The van der Waals surface area contributed by atoms with Crippen molar-refractivity contribution in [3.05, 3.63) is 10.6 Å². The molecule has 1 aliphatic rings. The first-order valence-corrected chi connectivity index (χ1v) is 4.99. The first-order chi connectivity index (χ1) is 7.13. The molecule has 1 aromatic heterocycles. The van der Waals surface area contributed by atoms with Crippen LogP contribution in [0.25, 0.3) is 0 Å². The van der Waals surface area contributed by atoms with Gasteiger partial charge in [0.15, 0.2) is 0 Å². The lowest BCUT2D eigenvalue weighted by Gasteiger charge is -2.09. The number of anilines is 1. The van der Waals surface area contributed by atoms with Crippen LogP contribution in [0.1, 0.15) is 6.42 Å². The normalized spacial score (nSPS) is 20.1. The fourth-order valence-electron chi connectivity index (χ4n) is 1.28. The quantitative estimate of drug-likeness (QED) is 0.795. The van der Waals surface area contributed by atoms with Crippen LogP contribution < -0.4 is 10.6 Å². The first-order valence-electron chi connectivity index (χ1n) is 4.24. The molecule has 8 heteroatoms. The highest BCUT2D eigenvalue weighted by Crippen LogP contribution is 2.12. The number of rotatable bonds is 2. The molecule has 1 saturated heterocycles. The minimum absolute atomic E-state index is 0.00116. The van der Waals surface area contributed by atoms with E-state index >= 15 is 0 Å². The van der Waals surface area contributed by atoms with Crippen molar-refractivity contribution in [2.45, 2.75) is 12.5 Å². The summed E-state index contributed by atoms with van der Waals surface area (Å²) in [4.78, 5) is 22.2. The van der Waals surface area contributed by atoms with Gasteiger partial charge in [0.25, 0.3) is 0 Å². The molecular weight excluding hydrogens is 241 g/mol. The van der Waals surface area contributed by atoms with Gasteiger partial charge in [0, 0.05) is 13.0 Å². The molecule has 0 bridgehead atoms. The summed E-state index contributed by atoms with van der Waals surface area (Å²) in [5.41, 5.74) is 0. The first kappa shape index (κ1) is 10.4. The molecule has 1 aromatic rings. The van der Waals surface area contributed by atoms with Crippen molar-refractivity contribution >= 4 is 35.1 Å². The third-order valence-corrected chi connectivity index (χ3v) is 2.23. The lowest BCUT2D eigenvalue weighted by atomic mass is 10.3. The van der Waals surface area contributed by atoms with E-state index in [0.29, 0.717) is 13.0 Å². The average Bonchev–Trinajstić information content (AvgIpc) is 2.49. The Morgan fingerprint density at radius 1 is 1.27 bits per heavy atom. The van der Waals surface area contributed by atoms with Crippen LogP contribution in [0.4, 0.5) is 5.95 Å². The molecule has 6 nitrogen and oxygen atoms in total. The second-order valence-electron chi connectivity index (χ2n) is 3.05. The summed E-state index contributed by atoms with van der Waals surface area (Å²) in [5.74, 6) is 0.278. The number of amides is 1. The molecule has 2 heterocycles. The smallest absolute Gasteiger partial charge is 0.228 e. The highest BCUT2D eigenvalue weighted by molar-refractivity contribution is 6.31. The Morgan fingerprint density at radius 2 is 1.93 bits per heavy atom. The van der Waals surface area contributed by atoms with Crippen LogP contribution in [-0.2, 0) is 4.79 Å². The molecular formula is C7H7Cl2N5O. The molecule has 1 atom stereocenters. The minimum Gasteiger partial charge on any atom is -0.354 e. The number of hydrogen-bond acceptors (Lipinski definition) is 5. The molecule has 80 valence electrons. The summed E-state index contributed by atoms with van der Waals surface area (Å²) in [6.45, 7) is 0.541. The Morgan fingerprint density at radius 3 is 2.47 bits per heavy atom. The van der Waals surface area contributed by atoms with Gasteiger partial charge < -0.3 is 10.6 Å². The van der Waals surface area contributed by atoms with Crippen molar-refractivity contribution < 1.29 is 4.79 Å². The van der Waals surface area contributed by atoms with Crippen molar-refractivity contribution in [3.63, 3.8) is 0 Å². The number of aromatic nitrogens is 3. The van der Waals surface area contributed by atoms with Gasteiger partial charge in [-0.1, -0.05) is 0 Å². The van der Waals surface area contributed by atoms with Gasteiger partial charge >= 0.3 is 0 Å². The maximum absolute atomic E-state index is 10.9. The second-order valence-corrected chi connectivity index (χ2v) is 3.72. The van der Waals surface area contributed by atoms with Crippen LogP contribution in [0, 0.1) is 0 Å². The van der Waals surface area contributed by atoms with Gasteiger partial charge in [-0.15, -0.1) is 0 Å². The van der Waals surface area contributed by atoms with E-state index in [-0.39, 0.29) is 28.5 Å². The molecule has 1 amide bonds. The molecule has 0 radical (unpaired) electrons. The lowest BCUT2D eigenvalue weighted by molar-refractivity contribution is -0.119. The highest BCUT2D eigenvalue weighted by Gasteiger charge is 2.22. The van der Waals surface area contributed by atoms with E-state index in [9.17, 15) is 4.79 Å².